The number of likely N-dealkylation sites (tertiary alicyclic amines) is 2. The first kappa shape index (κ1) is 25.4. The molecule has 0 bridgehead atoms. The maximum Gasteiger partial charge on any atom is 0.410 e. The van der Waals surface area contributed by atoms with Gasteiger partial charge in [-0.15, -0.1) is 0 Å². The lowest BCUT2D eigenvalue weighted by Crippen LogP contribution is -2.77. The molecule has 1 aromatic carbocycles. The van der Waals surface area contributed by atoms with Gasteiger partial charge in [-0.25, -0.2) is 14.8 Å². The van der Waals surface area contributed by atoms with Crippen molar-refractivity contribution in [1.82, 2.24) is 20.0 Å². The van der Waals surface area contributed by atoms with Crippen LogP contribution in [0.4, 0.5) is 4.79 Å². The van der Waals surface area contributed by atoms with Gasteiger partial charge in [0.1, 0.15) is 6.04 Å². The van der Waals surface area contributed by atoms with E-state index in [1.54, 1.807) is 4.90 Å². The van der Waals surface area contributed by atoms with E-state index in [1.807, 2.05) is 30.3 Å². The molecule has 0 aliphatic carbocycles. The minimum Gasteiger partial charge on any atom is -0.438 e. The van der Waals surface area contributed by atoms with Crippen molar-refractivity contribution in [2.24, 2.45) is 21.5 Å². The highest BCUT2D eigenvalue weighted by Crippen LogP contribution is 2.46. The number of ether oxygens (including phenoxy) is 1. The molecule has 0 saturated carbocycles. The summed E-state index contributed by atoms with van der Waals surface area (Å²) >= 11 is 0. The smallest absolute Gasteiger partial charge is 0.410 e. The van der Waals surface area contributed by atoms with E-state index in [2.05, 4.69) is 15.3 Å². The highest BCUT2D eigenvalue weighted by molar-refractivity contribution is 6.02. The number of imide groups is 1. The standard InChI is InChI=1S/C25H32N8O6/c26-21-29-20-16(12-32-18(34)8-9-19(32)35)28-22(27)33-13-17(25(37,38)24(20,33)30-21)39-23(36)31-10-4-7-15(11-31)14-5-2-1-3-6-14/h1-3,5-6,15-17,20,37-38H,4,7-13H2,(H2,27,28)(H3,26,29,30)/t15?,16?,17?,20-,24-/m0/s1. The molecule has 5 heterocycles. The fourth-order valence-electron chi connectivity index (χ4n) is 6.52. The molecule has 39 heavy (non-hydrogen) atoms. The third-order valence-corrected chi connectivity index (χ3v) is 8.47. The summed E-state index contributed by atoms with van der Waals surface area (Å²) in [5.41, 5.74) is 11.6. The molecule has 6 rings (SSSR count). The van der Waals surface area contributed by atoms with Crippen LogP contribution in [0.25, 0.3) is 0 Å². The van der Waals surface area contributed by atoms with Crippen molar-refractivity contribution in [3.05, 3.63) is 35.9 Å². The Kier molecular flexibility index (Phi) is 5.91. The molecule has 1 spiro atoms. The number of carbonyl (C=O) groups excluding carboxylic acids is 3. The zero-order valence-electron chi connectivity index (χ0n) is 21.3. The lowest BCUT2D eigenvalue weighted by molar-refractivity contribution is -0.257. The van der Waals surface area contributed by atoms with Crippen LogP contribution < -0.4 is 16.8 Å². The summed E-state index contributed by atoms with van der Waals surface area (Å²) in [5.74, 6) is -3.43. The summed E-state index contributed by atoms with van der Waals surface area (Å²) < 4.78 is 5.72. The van der Waals surface area contributed by atoms with E-state index in [0.29, 0.717) is 13.1 Å². The highest BCUT2D eigenvalue weighted by atomic mass is 16.6. The van der Waals surface area contributed by atoms with Gasteiger partial charge in [-0.1, -0.05) is 30.3 Å². The van der Waals surface area contributed by atoms with Gasteiger partial charge in [0.25, 0.3) is 0 Å². The molecular formula is C25H32N8O6. The van der Waals surface area contributed by atoms with Gasteiger partial charge in [0.05, 0.1) is 19.1 Å². The van der Waals surface area contributed by atoms with Gasteiger partial charge in [0.15, 0.2) is 23.7 Å². The van der Waals surface area contributed by atoms with Crippen LogP contribution in [-0.4, -0.2) is 111 Å². The van der Waals surface area contributed by atoms with Crippen LogP contribution in [0.3, 0.4) is 0 Å². The number of hydrogen-bond donors (Lipinski definition) is 5. The largest absolute Gasteiger partial charge is 0.438 e. The minimum absolute atomic E-state index is 0.0825. The predicted octanol–water partition coefficient (Wildman–Crippen LogP) is -1.80. The lowest BCUT2D eigenvalue weighted by atomic mass is 9.85. The van der Waals surface area contributed by atoms with E-state index in [0.717, 1.165) is 23.3 Å². The van der Waals surface area contributed by atoms with E-state index < -0.39 is 35.7 Å². The number of carbonyl (C=O) groups is 3. The molecule has 14 nitrogen and oxygen atoms in total. The Morgan fingerprint density at radius 2 is 1.82 bits per heavy atom. The van der Waals surface area contributed by atoms with Crippen LogP contribution in [0.15, 0.2) is 40.3 Å². The molecule has 3 unspecified atom stereocenters. The summed E-state index contributed by atoms with van der Waals surface area (Å²) in [6.45, 7) is 0.583. The fraction of sp³-hybridized carbons (Fsp3) is 0.560. The SMILES string of the molecule is NC1=N[C@H]2C(CN3C(=O)CCC3=O)N=C(N)N3CC(OC(=O)N4CCCC(c5ccccc5)C4)C(O)(O)[C@]23N1. The third kappa shape index (κ3) is 3.88. The first-order chi connectivity index (χ1) is 18.6. The molecule has 14 heteroatoms. The van der Waals surface area contributed by atoms with Crippen molar-refractivity contribution in [3.63, 3.8) is 0 Å². The summed E-state index contributed by atoms with van der Waals surface area (Å²) in [7, 11) is 0. The average molecular weight is 541 g/mol. The number of aliphatic imine (C=N–C) groups is 2. The monoisotopic (exact) mass is 540 g/mol. The summed E-state index contributed by atoms with van der Waals surface area (Å²) in [6.07, 6.45) is -0.202. The molecule has 3 amide bonds. The molecule has 1 aromatic rings. The van der Waals surface area contributed by atoms with Crippen LogP contribution in [0, 0.1) is 0 Å². The van der Waals surface area contributed by atoms with Gasteiger partial charge in [-0.3, -0.25) is 14.5 Å². The molecular weight excluding hydrogens is 508 g/mol. The van der Waals surface area contributed by atoms with Gasteiger partial charge in [0.2, 0.25) is 17.6 Å². The topological polar surface area (TPSA) is 199 Å². The maximum atomic E-state index is 13.3. The Labute approximate surface area is 224 Å². The van der Waals surface area contributed by atoms with Crippen molar-refractivity contribution < 1.29 is 29.3 Å². The zero-order chi connectivity index (χ0) is 27.5. The Morgan fingerprint density at radius 1 is 1.10 bits per heavy atom. The lowest BCUT2D eigenvalue weighted by Gasteiger charge is -2.48. The van der Waals surface area contributed by atoms with Gasteiger partial charge < -0.3 is 41.5 Å². The summed E-state index contributed by atoms with van der Waals surface area (Å²) in [4.78, 5) is 50.6. The second-order valence-corrected chi connectivity index (χ2v) is 10.7. The number of rotatable bonds is 4. The fourth-order valence-corrected chi connectivity index (χ4v) is 6.52. The number of nitrogens with zero attached hydrogens (tertiary/aromatic N) is 5. The Hall–Kier alpha value is -3.91. The predicted molar refractivity (Wildman–Crippen MR) is 137 cm³/mol. The number of guanidine groups is 2. The Bertz CT molecular complexity index is 1240. The second-order valence-electron chi connectivity index (χ2n) is 10.7. The summed E-state index contributed by atoms with van der Waals surface area (Å²) in [6, 6.07) is 7.97. The number of nitrogens with two attached hydrogens (primary N) is 2. The zero-order valence-corrected chi connectivity index (χ0v) is 21.3. The van der Waals surface area contributed by atoms with Gasteiger partial charge in [-0.2, -0.15) is 0 Å². The average Bonchev–Trinajstić information content (AvgIpc) is 3.52. The minimum atomic E-state index is -2.70. The number of hydrogen-bond acceptors (Lipinski definition) is 12. The Balaban J connectivity index is 1.23. The van der Waals surface area contributed by atoms with Crippen molar-refractivity contribution in [2.75, 3.05) is 26.2 Å². The van der Waals surface area contributed by atoms with E-state index in [1.165, 1.54) is 4.90 Å². The van der Waals surface area contributed by atoms with E-state index in [4.69, 9.17) is 16.2 Å². The number of aliphatic hydroxyl groups is 2. The van der Waals surface area contributed by atoms with Crippen LogP contribution in [0.1, 0.15) is 37.2 Å². The first-order valence-corrected chi connectivity index (χ1v) is 13.1. The first-order valence-electron chi connectivity index (χ1n) is 13.1. The van der Waals surface area contributed by atoms with Crippen molar-refractivity contribution in [2.45, 2.75) is 61.2 Å². The molecule has 5 atom stereocenters. The third-order valence-electron chi connectivity index (χ3n) is 8.47. The molecule has 0 aromatic heterocycles. The molecule has 208 valence electrons. The Morgan fingerprint density at radius 3 is 2.54 bits per heavy atom. The number of nitrogens with one attached hydrogen (secondary N) is 1. The van der Waals surface area contributed by atoms with Gasteiger partial charge >= 0.3 is 6.09 Å². The molecule has 5 aliphatic heterocycles. The van der Waals surface area contributed by atoms with Gasteiger partial charge in [0, 0.05) is 31.8 Å². The second kappa shape index (κ2) is 9.09. The van der Waals surface area contributed by atoms with Crippen molar-refractivity contribution >= 4 is 29.8 Å². The quantitative estimate of drug-likeness (QED) is 0.214. The van der Waals surface area contributed by atoms with Gasteiger partial charge in [-0.05, 0) is 18.4 Å². The van der Waals surface area contributed by atoms with E-state index >= 15 is 0 Å². The van der Waals surface area contributed by atoms with Crippen LogP contribution >= 0.6 is 0 Å². The highest BCUT2D eigenvalue weighted by Gasteiger charge is 2.74. The molecule has 3 fully saturated rings. The molecule has 5 aliphatic rings. The maximum absolute atomic E-state index is 13.3. The number of piperidine rings is 1. The summed E-state index contributed by atoms with van der Waals surface area (Å²) in [5, 5.41) is 26.0. The van der Waals surface area contributed by atoms with Crippen LogP contribution in [0.2, 0.25) is 0 Å². The number of amides is 3. The van der Waals surface area contributed by atoms with Crippen molar-refractivity contribution in [1.29, 1.82) is 0 Å². The normalized spacial score (nSPS) is 33.3. The van der Waals surface area contributed by atoms with E-state index in [9.17, 15) is 24.6 Å². The molecule has 7 N–H and O–H groups in total. The van der Waals surface area contributed by atoms with E-state index in [-0.39, 0.29) is 55.6 Å². The number of benzene rings is 1. The van der Waals surface area contributed by atoms with Crippen LogP contribution in [0.5, 0.6) is 0 Å². The van der Waals surface area contributed by atoms with Crippen LogP contribution in [-0.2, 0) is 14.3 Å². The molecule has 0 radical (unpaired) electrons. The molecule has 3 saturated heterocycles. The van der Waals surface area contributed by atoms with Crippen molar-refractivity contribution in [3.8, 4) is 0 Å².